The highest BCUT2D eigenvalue weighted by molar-refractivity contribution is 5.86. The summed E-state index contributed by atoms with van der Waals surface area (Å²) in [7, 11) is 0. The monoisotopic (exact) mass is 403 g/mol. The average Bonchev–Trinajstić information content (AvgIpc) is 3.36. The van der Waals surface area contributed by atoms with Gasteiger partial charge in [0.2, 0.25) is 0 Å². The van der Waals surface area contributed by atoms with Crippen LogP contribution in [0.3, 0.4) is 0 Å². The summed E-state index contributed by atoms with van der Waals surface area (Å²) in [5.74, 6) is 0.732. The largest absolute Gasteiger partial charge is 0.367 e. The van der Waals surface area contributed by atoms with E-state index in [1.807, 2.05) is 38.1 Å². The minimum Gasteiger partial charge on any atom is -0.367 e. The zero-order chi connectivity index (χ0) is 20.7. The zero-order valence-electron chi connectivity index (χ0n) is 17.3. The quantitative estimate of drug-likeness (QED) is 0.559. The molecule has 1 aliphatic heterocycles. The molecule has 1 fully saturated rings. The van der Waals surface area contributed by atoms with Crippen molar-refractivity contribution in [1.82, 2.24) is 19.8 Å². The molecule has 154 valence electrons. The first kappa shape index (κ1) is 18.7. The van der Waals surface area contributed by atoms with E-state index in [9.17, 15) is 4.79 Å². The summed E-state index contributed by atoms with van der Waals surface area (Å²) in [6.45, 7) is 5.70. The van der Waals surface area contributed by atoms with Crippen LogP contribution in [0.1, 0.15) is 42.0 Å². The van der Waals surface area contributed by atoms with Gasteiger partial charge in [-0.15, -0.1) is 0 Å². The zero-order valence-corrected chi connectivity index (χ0v) is 17.3. The molecule has 4 heterocycles. The molecule has 0 saturated carbocycles. The van der Waals surface area contributed by atoms with E-state index in [-0.39, 0.29) is 5.56 Å². The SMILES string of the molecule is Cc1cc(Cc2c(C)nc3c(N4CCCCC4)c(-c4ccccc4)[nH]n3c2=O)no1. The number of nitrogens with one attached hydrogen (secondary N) is 1. The molecule has 0 atom stereocenters. The summed E-state index contributed by atoms with van der Waals surface area (Å²) in [6.07, 6.45) is 3.95. The molecule has 5 rings (SSSR count). The van der Waals surface area contributed by atoms with Gasteiger partial charge in [0.25, 0.3) is 5.56 Å². The number of fused-ring (bicyclic) bond motifs is 1. The van der Waals surface area contributed by atoms with Crippen LogP contribution in [0, 0.1) is 13.8 Å². The molecule has 30 heavy (non-hydrogen) atoms. The second kappa shape index (κ2) is 7.48. The Labute approximate surface area is 174 Å². The first-order chi connectivity index (χ1) is 14.6. The van der Waals surface area contributed by atoms with Gasteiger partial charge in [0.1, 0.15) is 11.4 Å². The van der Waals surface area contributed by atoms with Crippen molar-refractivity contribution >= 4 is 11.3 Å². The van der Waals surface area contributed by atoms with Crippen LogP contribution in [0.25, 0.3) is 16.9 Å². The van der Waals surface area contributed by atoms with Crippen LogP contribution < -0.4 is 10.5 Å². The van der Waals surface area contributed by atoms with Crippen molar-refractivity contribution in [2.45, 2.75) is 39.5 Å². The average molecular weight is 403 g/mol. The van der Waals surface area contributed by atoms with Gasteiger partial charge >= 0.3 is 0 Å². The smallest absolute Gasteiger partial charge is 0.276 e. The number of anilines is 1. The predicted molar refractivity (Wildman–Crippen MR) is 116 cm³/mol. The highest BCUT2D eigenvalue weighted by Gasteiger charge is 2.24. The van der Waals surface area contributed by atoms with Gasteiger partial charge in [-0.05, 0) is 33.1 Å². The number of aromatic amines is 1. The van der Waals surface area contributed by atoms with Crippen molar-refractivity contribution in [3.05, 3.63) is 69.5 Å². The summed E-state index contributed by atoms with van der Waals surface area (Å²) >= 11 is 0. The Kier molecular flexibility index (Phi) is 4.65. The molecule has 1 aromatic carbocycles. The van der Waals surface area contributed by atoms with Crippen LogP contribution in [-0.2, 0) is 6.42 Å². The summed E-state index contributed by atoms with van der Waals surface area (Å²) in [5, 5.41) is 7.41. The third-order valence-electron chi connectivity index (χ3n) is 5.83. The lowest BCUT2D eigenvalue weighted by molar-refractivity contribution is 0.391. The maximum Gasteiger partial charge on any atom is 0.276 e. The number of hydrogen-bond donors (Lipinski definition) is 1. The third kappa shape index (κ3) is 3.20. The standard InChI is InChI=1S/C23H25N5O2/c1-15-13-18(26-30-15)14-19-16(2)24-22-21(27-11-7-4-8-12-27)20(25-28(22)23(19)29)17-9-5-3-6-10-17/h3,5-6,9-10,13,25H,4,7-8,11-12,14H2,1-2H3. The molecule has 1 saturated heterocycles. The molecule has 0 unspecified atom stereocenters. The van der Waals surface area contributed by atoms with Crippen LogP contribution >= 0.6 is 0 Å². The Morgan fingerprint density at radius 3 is 2.57 bits per heavy atom. The Bertz CT molecular complexity index is 1250. The van der Waals surface area contributed by atoms with Crippen LogP contribution in [0.15, 0.2) is 45.7 Å². The maximum absolute atomic E-state index is 13.5. The number of rotatable bonds is 4. The van der Waals surface area contributed by atoms with Gasteiger partial charge in [-0.2, -0.15) is 4.52 Å². The Morgan fingerprint density at radius 2 is 1.87 bits per heavy atom. The maximum atomic E-state index is 13.5. The van der Waals surface area contributed by atoms with Crippen LogP contribution in [-0.4, -0.2) is 32.8 Å². The van der Waals surface area contributed by atoms with E-state index in [0.717, 1.165) is 60.0 Å². The molecule has 0 aliphatic carbocycles. The van der Waals surface area contributed by atoms with E-state index < -0.39 is 0 Å². The minimum atomic E-state index is -0.0846. The number of hydrogen-bond acceptors (Lipinski definition) is 5. The minimum absolute atomic E-state index is 0.0846. The number of piperidine rings is 1. The van der Waals surface area contributed by atoms with Crippen LogP contribution in [0.5, 0.6) is 0 Å². The van der Waals surface area contributed by atoms with Crippen molar-refractivity contribution in [2.24, 2.45) is 0 Å². The Hall–Kier alpha value is -3.35. The molecule has 1 N–H and O–H groups in total. The highest BCUT2D eigenvalue weighted by Crippen LogP contribution is 2.34. The second-order valence-corrected chi connectivity index (χ2v) is 7.99. The van der Waals surface area contributed by atoms with Crippen molar-refractivity contribution in [1.29, 1.82) is 0 Å². The van der Waals surface area contributed by atoms with Crippen LogP contribution in [0.4, 0.5) is 5.69 Å². The number of nitrogens with zero attached hydrogens (tertiary/aromatic N) is 4. The molecule has 1 aliphatic rings. The van der Waals surface area contributed by atoms with Gasteiger partial charge in [-0.25, -0.2) is 4.98 Å². The van der Waals surface area contributed by atoms with Gasteiger partial charge in [-0.1, -0.05) is 35.5 Å². The first-order valence-electron chi connectivity index (χ1n) is 10.5. The highest BCUT2D eigenvalue weighted by atomic mass is 16.5. The lowest BCUT2D eigenvalue weighted by Gasteiger charge is -2.28. The fourth-order valence-electron chi connectivity index (χ4n) is 4.31. The molecule has 0 radical (unpaired) electrons. The molecule has 0 amide bonds. The molecular formula is C23H25N5O2. The second-order valence-electron chi connectivity index (χ2n) is 7.99. The van der Waals surface area contributed by atoms with Crippen molar-refractivity contribution in [3.8, 4) is 11.3 Å². The van der Waals surface area contributed by atoms with Gasteiger partial charge in [0.05, 0.1) is 11.4 Å². The van der Waals surface area contributed by atoms with Crippen molar-refractivity contribution in [3.63, 3.8) is 0 Å². The molecule has 0 spiro atoms. The lowest BCUT2D eigenvalue weighted by Crippen LogP contribution is -2.30. The van der Waals surface area contributed by atoms with Gasteiger partial charge in [0, 0.05) is 42.4 Å². The van der Waals surface area contributed by atoms with E-state index in [0.29, 0.717) is 17.6 Å². The van der Waals surface area contributed by atoms with E-state index in [4.69, 9.17) is 9.51 Å². The Morgan fingerprint density at radius 1 is 1.10 bits per heavy atom. The van der Waals surface area contributed by atoms with Gasteiger partial charge in [0.15, 0.2) is 5.65 Å². The van der Waals surface area contributed by atoms with Gasteiger partial charge < -0.3 is 9.42 Å². The molecular weight excluding hydrogens is 378 g/mol. The van der Waals surface area contributed by atoms with Crippen molar-refractivity contribution in [2.75, 3.05) is 18.0 Å². The molecule has 0 bridgehead atoms. The summed E-state index contributed by atoms with van der Waals surface area (Å²) in [5.41, 5.74) is 5.72. The summed E-state index contributed by atoms with van der Waals surface area (Å²) in [4.78, 5) is 20.7. The molecule has 3 aromatic heterocycles. The topological polar surface area (TPSA) is 79.4 Å². The van der Waals surface area contributed by atoms with Crippen LogP contribution in [0.2, 0.25) is 0 Å². The van der Waals surface area contributed by atoms with Gasteiger partial charge in [-0.3, -0.25) is 9.89 Å². The summed E-state index contributed by atoms with van der Waals surface area (Å²) in [6, 6.07) is 12.0. The molecule has 7 nitrogen and oxygen atoms in total. The van der Waals surface area contributed by atoms with Crippen molar-refractivity contribution < 1.29 is 4.52 Å². The number of aromatic nitrogens is 4. The normalized spacial score (nSPS) is 14.5. The van der Waals surface area contributed by atoms with E-state index in [1.165, 1.54) is 6.42 Å². The molecule has 7 heteroatoms. The number of benzene rings is 1. The summed E-state index contributed by atoms with van der Waals surface area (Å²) < 4.78 is 6.77. The third-order valence-corrected chi connectivity index (χ3v) is 5.83. The fraction of sp³-hybridized carbons (Fsp3) is 0.348. The van der Waals surface area contributed by atoms with E-state index >= 15 is 0 Å². The predicted octanol–water partition coefficient (Wildman–Crippen LogP) is 3.88. The molecule has 4 aromatic rings. The van der Waals surface area contributed by atoms with E-state index in [2.05, 4.69) is 27.3 Å². The number of aryl methyl sites for hydroxylation is 2. The lowest BCUT2D eigenvalue weighted by atomic mass is 10.1. The first-order valence-corrected chi connectivity index (χ1v) is 10.5. The Balaban J connectivity index is 1.71. The van der Waals surface area contributed by atoms with E-state index in [1.54, 1.807) is 4.52 Å². The fourth-order valence-corrected chi connectivity index (χ4v) is 4.31. The number of H-pyrrole nitrogens is 1.